The molecule has 2 nitrogen and oxygen atoms in total. The van der Waals surface area contributed by atoms with Gasteiger partial charge in [0.15, 0.2) is 0 Å². The van der Waals surface area contributed by atoms with Gasteiger partial charge in [0.05, 0.1) is 5.41 Å². The molecule has 0 saturated heterocycles. The topological polar surface area (TPSA) is 16.4 Å². The second-order valence-electron chi connectivity index (χ2n) is 16.1. The van der Waals surface area contributed by atoms with E-state index >= 15 is 0 Å². The Labute approximate surface area is 344 Å². The number of fused-ring (bicyclic) bond motifs is 9. The molecule has 2 aliphatic rings. The Morgan fingerprint density at radius 1 is 0.339 bits per heavy atom. The van der Waals surface area contributed by atoms with Crippen LogP contribution in [0.15, 0.2) is 223 Å². The lowest BCUT2D eigenvalue weighted by molar-refractivity contribution is 0.669. The van der Waals surface area contributed by atoms with Gasteiger partial charge in [-0.1, -0.05) is 170 Å². The summed E-state index contributed by atoms with van der Waals surface area (Å²) in [5.74, 6) is 0. The molecule has 0 aliphatic heterocycles. The van der Waals surface area contributed by atoms with Crippen molar-refractivity contribution in [2.75, 3.05) is 4.90 Å². The minimum Gasteiger partial charge on any atom is -0.456 e. The predicted molar refractivity (Wildman–Crippen MR) is 243 cm³/mol. The zero-order valence-corrected chi connectivity index (χ0v) is 32.6. The zero-order chi connectivity index (χ0) is 39.1. The largest absolute Gasteiger partial charge is 0.456 e. The van der Waals surface area contributed by atoms with E-state index in [1.807, 2.05) is 6.07 Å². The summed E-state index contributed by atoms with van der Waals surface area (Å²) in [4.78, 5) is 2.45. The summed E-state index contributed by atoms with van der Waals surface area (Å²) in [5, 5.41) is 2.22. The van der Waals surface area contributed by atoms with Gasteiger partial charge in [0, 0.05) is 33.2 Å². The van der Waals surface area contributed by atoms with Crippen LogP contribution in [0.4, 0.5) is 17.1 Å². The van der Waals surface area contributed by atoms with Gasteiger partial charge >= 0.3 is 0 Å². The molecule has 59 heavy (non-hydrogen) atoms. The molecular formula is C57H39NO. The summed E-state index contributed by atoms with van der Waals surface area (Å²) in [5.41, 5.74) is 18.4. The Hall–Kier alpha value is -7.42. The highest BCUT2D eigenvalue weighted by Gasteiger charge is 2.46. The van der Waals surface area contributed by atoms with Crippen molar-refractivity contribution in [3.63, 3.8) is 0 Å². The summed E-state index contributed by atoms with van der Waals surface area (Å²) in [7, 11) is 0. The fourth-order valence-electron chi connectivity index (χ4n) is 10.6. The third-order valence-electron chi connectivity index (χ3n) is 13.2. The van der Waals surface area contributed by atoms with Crippen LogP contribution in [0, 0.1) is 0 Å². The quantitative estimate of drug-likeness (QED) is 0.168. The Morgan fingerprint density at radius 3 is 1.56 bits per heavy atom. The number of furan rings is 1. The van der Waals surface area contributed by atoms with E-state index in [0.29, 0.717) is 0 Å². The summed E-state index contributed by atoms with van der Waals surface area (Å²) in [6, 6.07) is 80.2. The normalized spacial score (nSPS) is 15.7. The first-order chi connectivity index (χ1) is 29.1. The van der Waals surface area contributed by atoms with E-state index in [2.05, 4.69) is 224 Å². The maximum Gasteiger partial charge on any atom is 0.135 e. The van der Waals surface area contributed by atoms with Gasteiger partial charge in [-0.2, -0.15) is 0 Å². The van der Waals surface area contributed by atoms with E-state index in [1.165, 1.54) is 61.2 Å². The third-order valence-corrected chi connectivity index (χ3v) is 13.2. The summed E-state index contributed by atoms with van der Waals surface area (Å²) in [6.07, 6.45) is 0. The molecule has 0 bridgehead atoms. The van der Waals surface area contributed by atoms with Gasteiger partial charge < -0.3 is 9.32 Å². The van der Waals surface area contributed by atoms with Gasteiger partial charge in [-0.15, -0.1) is 0 Å². The smallest absolute Gasteiger partial charge is 0.135 e. The highest BCUT2D eigenvalue weighted by molar-refractivity contribution is 6.06. The van der Waals surface area contributed by atoms with Crippen LogP contribution >= 0.6 is 0 Å². The number of para-hydroxylation sites is 1. The van der Waals surface area contributed by atoms with Crippen LogP contribution in [0.2, 0.25) is 0 Å². The van der Waals surface area contributed by atoms with Crippen LogP contribution in [0.1, 0.15) is 45.9 Å². The molecule has 2 heteroatoms. The summed E-state index contributed by atoms with van der Waals surface area (Å²) >= 11 is 0. The van der Waals surface area contributed by atoms with Gasteiger partial charge in [0.1, 0.15) is 11.2 Å². The monoisotopic (exact) mass is 753 g/mol. The summed E-state index contributed by atoms with van der Waals surface area (Å²) in [6.45, 7) is 2.39. The van der Waals surface area contributed by atoms with E-state index in [0.717, 1.165) is 39.0 Å². The Balaban J connectivity index is 1.12. The molecule has 1 aromatic heterocycles. The minimum absolute atomic E-state index is 0.332. The van der Waals surface area contributed by atoms with Crippen LogP contribution in [0.5, 0.6) is 0 Å². The number of hydrogen-bond donors (Lipinski definition) is 0. The predicted octanol–water partition coefficient (Wildman–Crippen LogP) is 14.8. The van der Waals surface area contributed by atoms with Gasteiger partial charge in [0.2, 0.25) is 0 Å². The van der Waals surface area contributed by atoms with Crippen molar-refractivity contribution in [2.24, 2.45) is 0 Å². The minimum atomic E-state index is -0.469. The molecule has 0 saturated carbocycles. The summed E-state index contributed by atoms with van der Waals surface area (Å²) < 4.78 is 6.36. The van der Waals surface area contributed by atoms with E-state index < -0.39 is 5.41 Å². The Bertz CT molecular complexity index is 3200. The molecular weight excluding hydrogens is 715 g/mol. The van der Waals surface area contributed by atoms with Crippen LogP contribution < -0.4 is 4.90 Å². The fraction of sp³-hybridized carbons (Fsp3) is 0.0526. The molecule has 1 atom stereocenters. The molecule has 10 aromatic rings. The average Bonchev–Trinajstić information content (AvgIpc) is 3.92. The highest BCUT2D eigenvalue weighted by atomic mass is 16.3. The first-order valence-corrected chi connectivity index (χ1v) is 20.5. The molecule has 278 valence electrons. The van der Waals surface area contributed by atoms with Crippen LogP contribution in [0.25, 0.3) is 44.2 Å². The molecule has 0 radical (unpaired) electrons. The molecule has 1 unspecified atom stereocenters. The highest BCUT2D eigenvalue weighted by Crippen LogP contribution is 2.58. The lowest BCUT2D eigenvalue weighted by atomic mass is 9.68. The Morgan fingerprint density at radius 2 is 0.831 bits per heavy atom. The van der Waals surface area contributed by atoms with Crippen molar-refractivity contribution in [2.45, 2.75) is 17.8 Å². The molecule has 0 spiro atoms. The molecule has 0 N–H and O–H groups in total. The number of hydrogen-bond acceptors (Lipinski definition) is 2. The number of benzene rings is 9. The lowest BCUT2D eigenvalue weighted by Crippen LogP contribution is -2.28. The zero-order valence-electron chi connectivity index (χ0n) is 32.6. The first-order valence-electron chi connectivity index (χ1n) is 20.5. The van der Waals surface area contributed by atoms with E-state index in [-0.39, 0.29) is 5.41 Å². The van der Waals surface area contributed by atoms with Crippen molar-refractivity contribution in [3.05, 3.63) is 257 Å². The van der Waals surface area contributed by atoms with Crippen molar-refractivity contribution in [1.29, 1.82) is 0 Å². The molecule has 12 rings (SSSR count). The first kappa shape index (κ1) is 33.7. The molecule has 0 amide bonds. The second kappa shape index (κ2) is 12.8. The van der Waals surface area contributed by atoms with Gasteiger partial charge in [-0.3, -0.25) is 0 Å². The lowest BCUT2D eigenvalue weighted by Gasteiger charge is -2.34. The van der Waals surface area contributed by atoms with Crippen molar-refractivity contribution in [1.82, 2.24) is 0 Å². The molecule has 9 aromatic carbocycles. The SMILES string of the molecule is CC1(c2ccccc2)c2ccccc2-c2ccc(N(c3ccc4c(c3)-c3ccccc3C4(c3ccccc3)c3ccccc3)c3ccc4oc5ccccc5c4c3)cc21. The van der Waals surface area contributed by atoms with Crippen molar-refractivity contribution in [3.8, 4) is 22.3 Å². The Kier molecular flexibility index (Phi) is 7.31. The van der Waals surface area contributed by atoms with Crippen molar-refractivity contribution < 1.29 is 4.42 Å². The van der Waals surface area contributed by atoms with Crippen LogP contribution in [0.3, 0.4) is 0 Å². The van der Waals surface area contributed by atoms with Gasteiger partial charge in [0.25, 0.3) is 0 Å². The van der Waals surface area contributed by atoms with Crippen LogP contribution in [-0.4, -0.2) is 0 Å². The van der Waals surface area contributed by atoms with E-state index in [1.54, 1.807) is 0 Å². The molecule has 1 heterocycles. The number of anilines is 3. The van der Waals surface area contributed by atoms with Crippen LogP contribution in [-0.2, 0) is 10.8 Å². The van der Waals surface area contributed by atoms with E-state index in [4.69, 9.17) is 4.42 Å². The molecule has 2 aliphatic carbocycles. The van der Waals surface area contributed by atoms with E-state index in [9.17, 15) is 0 Å². The van der Waals surface area contributed by atoms with Crippen molar-refractivity contribution >= 4 is 39.0 Å². The molecule has 0 fully saturated rings. The second-order valence-corrected chi connectivity index (χ2v) is 16.1. The number of rotatable bonds is 6. The third kappa shape index (κ3) is 4.75. The van der Waals surface area contributed by atoms with Gasteiger partial charge in [-0.25, -0.2) is 0 Å². The van der Waals surface area contributed by atoms with Gasteiger partial charge in [-0.05, 0) is 117 Å². The maximum atomic E-state index is 6.36. The number of nitrogens with zero attached hydrogens (tertiary/aromatic N) is 1. The average molecular weight is 754 g/mol. The fourth-order valence-corrected chi connectivity index (χ4v) is 10.6. The standard InChI is InChI=1S/C57H39NO/c1-56(38-17-5-2-6-18-38)50-26-14-11-23-44(50)46-32-29-43(37-53(46)56)58(42-31-34-55-49(36-42)47-25-13-16-28-54(47)59-55)41-30-33-52-48(35-41)45-24-12-15-27-51(45)57(52,39-19-7-3-8-20-39)40-21-9-4-10-22-40/h2-37H,1H3. The maximum absolute atomic E-state index is 6.36.